The number of rotatable bonds is 3. The predicted molar refractivity (Wildman–Crippen MR) is 58.6 cm³/mol. The van der Waals surface area contributed by atoms with Crippen molar-refractivity contribution in [3.63, 3.8) is 0 Å². The molecular weight excluding hydrogens is 206 g/mol. The molecule has 2 atom stereocenters. The highest BCUT2D eigenvalue weighted by atomic mass is 16.5. The lowest BCUT2D eigenvalue weighted by atomic mass is 10.2. The molecule has 2 unspecified atom stereocenters. The fourth-order valence-corrected chi connectivity index (χ4v) is 1.96. The second-order valence-corrected chi connectivity index (χ2v) is 4.11. The summed E-state index contributed by atoms with van der Waals surface area (Å²) in [7, 11) is 0. The van der Waals surface area contributed by atoms with Crippen LogP contribution in [0.2, 0.25) is 0 Å². The van der Waals surface area contributed by atoms with Crippen molar-refractivity contribution >= 4 is 6.29 Å². The molecule has 0 saturated heterocycles. The van der Waals surface area contributed by atoms with Gasteiger partial charge < -0.3 is 9.84 Å². The number of aliphatic hydroxyl groups excluding tert-OH is 1. The SMILES string of the molecule is Cc1ccc(OC2CCCC2O)c(C=O)n1. The first-order valence-corrected chi connectivity index (χ1v) is 5.48. The van der Waals surface area contributed by atoms with Gasteiger partial charge in [-0.3, -0.25) is 4.79 Å². The number of aliphatic hydroxyl groups is 1. The number of nitrogens with zero attached hydrogens (tertiary/aromatic N) is 1. The summed E-state index contributed by atoms with van der Waals surface area (Å²) in [5.41, 5.74) is 1.08. The average molecular weight is 221 g/mol. The van der Waals surface area contributed by atoms with E-state index in [-0.39, 0.29) is 6.10 Å². The quantitative estimate of drug-likeness (QED) is 0.786. The van der Waals surface area contributed by atoms with Gasteiger partial charge in [0.25, 0.3) is 0 Å². The number of aromatic nitrogens is 1. The topological polar surface area (TPSA) is 59.4 Å². The fraction of sp³-hybridized carbons (Fsp3) is 0.500. The lowest BCUT2D eigenvalue weighted by molar-refractivity contribution is 0.0594. The molecule has 86 valence electrons. The number of pyridine rings is 1. The summed E-state index contributed by atoms with van der Waals surface area (Å²) in [6.07, 6.45) is 2.60. The normalized spacial score (nSPS) is 24.4. The third-order valence-corrected chi connectivity index (χ3v) is 2.83. The zero-order valence-electron chi connectivity index (χ0n) is 9.22. The van der Waals surface area contributed by atoms with Gasteiger partial charge in [0.2, 0.25) is 0 Å². The molecular formula is C12H15NO3. The van der Waals surface area contributed by atoms with Crippen molar-refractivity contribution in [2.24, 2.45) is 0 Å². The van der Waals surface area contributed by atoms with E-state index in [4.69, 9.17) is 4.74 Å². The molecule has 2 rings (SSSR count). The van der Waals surface area contributed by atoms with Crippen molar-refractivity contribution in [3.05, 3.63) is 23.5 Å². The number of hydrogen-bond donors (Lipinski definition) is 1. The first-order valence-electron chi connectivity index (χ1n) is 5.48. The Kier molecular flexibility index (Phi) is 3.19. The van der Waals surface area contributed by atoms with Crippen LogP contribution in [0, 0.1) is 6.92 Å². The third kappa shape index (κ3) is 2.22. The summed E-state index contributed by atoms with van der Waals surface area (Å²) >= 11 is 0. The lowest BCUT2D eigenvalue weighted by Gasteiger charge is -2.17. The van der Waals surface area contributed by atoms with Crippen LogP contribution in [0.25, 0.3) is 0 Å². The molecule has 1 aromatic heterocycles. The summed E-state index contributed by atoms with van der Waals surface area (Å²) in [5, 5.41) is 9.63. The van der Waals surface area contributed by atoms with Crippen LogP contribution in [-0.4, -0.2) is 28.6 Å². The minimum Gasteiger partial charge on any atom is -0.485 e. The first-order chi connectivity index (χ1) is 7.70. The molecule has 0 radical (unpaired) electrons. The molecule has 0 amide bonds. The van der Waals surface area contributed by atoms with Gasteiger partial charge in [-0.05, 0) is 38.3 Å². The summed E-state index contributed by atoms with van der Waals surface area (Å²) < 4.78 is 5.62. The standard InChI is InChI=1S/C12H15NO3/c1-8-5-6-11(9(7-14)13-8)16-12-4-2-3-10(12)15/h5-7,10,12,15H,2-4H2,1H3. The summed E-state index contributed by atoms with van der Waals surface area (Å²) in [6.45, 7) is 1.82. The molecule has 4 nitrogen and oxygen atoms in total. The van der Waals surface area contributed by atoms with Crippen molar-refractivity contribution < 1.29 is 14.6 Å². The number of carbonyl (C=O) groups excluding carboxylic acids is 1. The van der Waals surface area contributed by atoms with E-state index in [0.29, 0.717) is 17.7 Å². The monoisotopic (exact) mass is 221 g/mol. The maximum absolute atomic E-state index is 10.8. The van der Waals surface area contributed by atoms with E-state index in [0.717, 1.165) is 25.0 Å². The second-order valence-electron chi connectivity index (χ2n) is 4.11. The molecule has 4 heteroatoms. The highest BCUT2D eigenvalue weighted by Gasteiger charge is 2.27. The maximum atomic E-state index is 10.8. The van der Waals surface area contributed by atoms with Gasteiger partial charge in [0, 0.05) is 5.69 Å². The molecule has 0 aromatic carbocycles. The molecule has 0 bridgehead atoms. The smallest absolute Gasteiger partial charge is 0.172 e. The maximum Gasteiger partial charge on any atom is 0.172 e. The van der Waals surface area contributed by atoms with E-state index in [1.54, 1.807) is 12.1 Å². The molecule has 0 spiro atoms. The summed E-state index contributed by atoms with van der Waals surface area (Å²) in [4.78, 5) is 14.9. The van der Waals surface area contributed by atoms with Crippen molar-refractivity contribution in [2.45, 2.75) is 38.4 Å². The Balaban J connectivity index is 2.17. The van der Waals surface area contributed by atoms with Gasteiger partial charge in [-0.15, -0.1) is 0 Å². The zero-order chi connectivity index (χ0) is 11.5. The van der Waals surface area contributed by atoms with Gasteiger partial charge in [-0.25, -0.2) is 4.98 Å². The molecule has 1 heterocycles. The van der Waals surface area contributed by atoms with Crippen LogP contribution in [0.1, 0.15) is 35.4 Å². The van der Waals surface area contributed by atoms with Gasteiger partial charge >= 0.3 is 0 Å². The van der Waals surface area contributed by atoms with Crippen molar-refractivity contribution in [2.75, 3.05) is 0 Å². The van der Waals surface area contributed by atoms with E-state index in [9.17, 15) is 9.90 Å². The van der Waals surface area contributed by atoms with E-state index in [2.05, 4.69) is 4.98 Å². The van der Waals surface area contributed by atoms with Crippen molar-refractivity contribution in [3.8, 4) is 5.75 Å². The Bertz CT molecular complexity index is 392. The molecule has 1 N–H and O–H groups in total. The Morgan fingerprint density at radius 3 is 2.94 bits per heavy atom. The minimum atomic E-state index is -0.430. The summed E-state index contributed by atoms with van der Waals surface area (Å²) in [5.74, 6) is 0.464. The Labute approximate surface area is 94.3 Å². The van der Waals surface area contributed by atoms with Crippen LogP contribution >= 0.6 is 0 Å². The molecule has 1 saturated carbocycles. The highest BCUT2D eigenvalue weighted by Crippen LogP contribution is 2.25. The fourth-order valence-electron chi connectivity index (χ4n) is 1.96. The molecule has 1 aromatic rings. The Hall–Kier alpha value is -1.42. The number of aldehydes is 1. The molecule has 0 aliphatic heterocycles. The first kappa shape index (κ1) is 11.1. The average Bonchev–Trinajstić information content (AvgIpc) is 2.67. The Morgan fingerprint density at radius 1 is 1.50 bits per heavy atom. The molecule has 1 aliphatic rings. The van der Waals surface area contributed by atoms with Gasteiger partial charge in [-0.1, -0.05) is 0 Å². The third-order valence-electron chi connectivity index (χ3n) is 2.83. The second kappa shape index (κ2) is 4.61. The minimum absolute atomic E-state index is 0.205. The summed E-state index contributed by atoms with van der Waals surface area (Å²) in [6, 6.07) is 3.53. The molecule has 1 fully saturated rings. The van der Waals surface area contributed by atoms with Crippen LogP contribution in [0.5, 0.6) is 5.75 Å². The largest absolute Gasteiger partial charge is 0.485 e. The molecule has 16 heavy (non-hydrogen) atoms. The number of hydrogen-bond acceptors (Lipinski definition) is 4. The van der Waals surface area contributed by atoms with Crippen LogP contribution in [0.3, 0.4) is 0 Å². The van der Waals surface area contributed by atoms with Gasteiger partial charge in [-0.2, -0.15) is 0 Å². The number of aryl methyl sites for hydroxylation is 1. The van der Waals surface area contributed by atoms with E-state index in [1.165, 1.54) is 0 Å². The Morgan fingerprint density at radius 2 is 2.31 bits per heavy atom. The van der Waals surface area contributed by atoms with Crippen molar-refractivity contribution in [1.29, 1.82) is 0 Å². The van der Waals surface area contributed by atoms with Crippen molar-refractivity contribution in [1.82, 2.24) is 4.98 Å². The van der Waals surface area contributed by atoms with Gasteiger partial charge in [0.05, 0.1) is 6.10 Å². The van der Waals surface area contributed by atoms with E-state index >= 15 is 0 Å². The number of carbonyl (C=O) groups is 1. The predicted octanol–water partition coefficient (Wildman–Crippen LogP) is 1.49. The number of ether oxygens (including phenoxy) is 1. The van der Waals surface area contributed by atoms with E-state index < -0.39 is 6.10 Å². The van der Waals surface area contributed by atoms with Gasteiger partial charge in [0.1, 0.15) is 17.5 Å². The lowest BCUT2D eigenvalue weighted by Crippen LogP contribution is -2.26. The van der Waals surface area contributed by atoms with Crippen LogP contribution in [0.4, 0.5) is 0 Å². The van der Waals surface area contributed by atoms with E-state index in [1.807, 2.05) is 6.92 Å². The van der Waals surface area contributed by atoms with Gasteiger partial charge in [0.15, 0.2) is 6.29 Å². The van der Waals surface area contributed by atoms with Crippen LogP contribution in [-0.2, 0) is 0 Å². The zero-order valence-corrected chi connectivity index (χ0v) is 9.22. The van der Waals surface area contributed by atoms with Crippen LogP contribution in [0.15, 0.2) is 12.1 Å². The molecule has 1 aliphatic carbocycles. The van der Waals surface area contributed by atoms with Crippen LogP contribution < -0.4 is 4.74 Å². The highest BCUT2D eigenvalue weighted by molar-refractivity contribution is 5.76.